The van der Waals surface area contributed by atoms with E-state index in [0.717, 1.165) is 25.1 Å². The van der Waals surface area contributed by atoms with Crippen molar-refractivity contribution in [3.05, 3.63) is 36.0 Å². The number of nitrogens with zero attached hydrogens (tertiary/aromatic N) is 3. The Balaban J connectivity index is 1.64. The largest absolute Gasteiger partial charge is 0.338 e. The lowest BCUT2D eigenvalue weighted by atomic mass is 10.0. The summed E-state index contributed by atoms with van der Waals surface area (Å²) in [6.45, 7) is 4.65. The second-order valence-electron chi connectivity index (χ2n) is 5.66. The highest BCUT2D eigenvalue weighted by molar-refractivity contribution is 5.53. The Morgan fingerprint density at radius 1 is 1.43 bits per heavy atom. The summed E-state index contributed by atoms with van der Waals surface area (Å²) >= 11 is 0. The lowest BCUT2D eigenvalue weighted by Gasteiger charge is -2.15. The van der Waals surface area contributed by atoms with Crippen molar-refractivity contribution in [2.75, 3.05) is 13.1 Å². The van der Waals surface area contributed by atoms with Crippen LogP contribution in [0.5, 0.6) is 0 Å². The van der Waals surface area contributed by atoms with E-state index in [9.17, 15) is 4.39 Å². The number of likely N-dealkylation sites (tertiary alicyclic amines) is 1. The van der Waals surface area contributed by atoms with Crippen LogP contribution in [0.25, 0.3) is 11.4 Å². The summed E-state index contributed by atoms with van der Waals surface area (Å²) in [5, 5.41) is 3.95. The highest BCUT2D eigenvalue weighted by Crippen LogP contribution is 2.21. The third-order valence-electron chi connectivity index (χ3n) is 3.98. The molecule has 0 aliphatic carbocycles. The van der Waals surface area contributed by atoms with Gasteiger partial charge in [0, 0.05) is 18.2 Å². The summed E-state index contributed by atoms with van der Waals surface area (Å²) in [5.41, 5.74) is 6.69. The van der Waals surface area contributed by atoms with E-state index in [2.05, 4.69) is 15.0 Å². The number of hydrogen-bond donors (Lipinski definition) is 1. The summed E-state index contributed by atoms with van der Waals surface area (Å²) in [7, 11) is 0. The number of halogens is 1. The molecule has 2 heterocycles. The second-order valence-corrected chi connectivity index (χ2v) is 5.66. The smallest absolute Gasteiger partial charge is 0.241 e. The molecule has 1 aliphatic heterocycles. The van der Waals surface area contributed by atoms with Crippen molar-refractivity contribution in [2.45, 2.75) is 25.9 Å². The summed E-state index contributed by atoms with van der Waals surface area (Å²) < 4.78 is 18.2. The predicted molar refractivity (Wildman–Crippen MR) is 76.7 cm³/mol. The summed E-state index contributed by atoms with van der Waals surface area (Å²) in [6.07, 6.45) is 1.11. The molecule has 0 saturated carbocycles. The number of rotatable bonds is 4. The first-order valence-electron chi connectivity index (χ1n) is 7.18. The van der Waals surface area contributed by atoms with Crippen LogP contribution in [-0.4, -0.2) is 34.2 Å². The Hall–Kier alpha value is -1.79. The van der Waals surface area contributed by atoms with Crippen molar-refractivity contribution in [3.8, 4) is 11.4 Å². The summed E-state index contributed by atoms with van der Waals surface area (Å²) in [5.74, 6) is 1.33. The van der Waals surface area contributed by atoms with E-state index in [0.29, 0.717) is 24.2 Å². The number of aromatic nitrogens is 2. The average Bonchev–Trinajstić information content (AvgIpc) is 3.10. The van der Waals surface area contributed by atoms with E-state index in [4.69, 9.17) is 10.3 Å². The molecule has 2 atom stereocenters. The minimum atomic E-state index is -0.276. The lowest BCUT2D eigenvalue weighted by molar-refractivity contribution is 0.257. The molecule has 1 aromatic carbocycles. The van der Waals surface area contributed by atoms with E-state index in [1.807, 2.05) is 6.92 Å². The van der Waals surface area contributed by atoms with Crippen LogP contribution in [0.15, 0.2) is 28.8 Å². The van der Waals surface area contributed by atoms with Crippen molar-refractivity contribution in [1.82, 2.24) is 15.0 Å². The molecule has 21 heavy (non-hydrogen) atoms. The summed E-state index contributed by atoms with van der Waals surface area (Å²) in [4.78, 5) is 6.64. The van der Waals surface area contributed by atoms with Gasteiger partial charge in [-0.05, 0) is 50.1 Å². The monoisotopic (exact) mass is 290 g/mol. The van der Waals surface area contributed by atoms with Gasteiger partial charge in [0.25, 0.3) is 0 Å². The maximum atomic E-state index is 12.9. The molecule has 2 unspecified atom stereocenters. The van der Waals surface area contributed by atoms with Crippen LogP contribution in [0, 0.1) is 11.7 Å². The first-order chi connectivity index (χ1) is 10.1. The standard InChI is InChI=1S/C15H19FN4O/c1-10(17)12-6-7-20(8-12)9-14-18-15(19-21-14)11-2-4-13(16)5-3-11/h2-5,10,12H,6-9,17H2,1H3. The second kappa shape index (κ2) is 5.91. The Labute approximate surface area is 122 Å². The van der Waals surface area contributed by atoms with E-state index < -0.39 is 0 Å². The van der Waals surface area contributed by atoms with Gasteiger partial charge < -0.3 is 10.3 Å². The van der Waals surface area contributed by atoms with Crippen LogP contribution in [-0.2, 0) is 6.54 Å². The molecule has 0 radical (unpaired) electrons. The molecule has 1 aromatic heterocycles. The molecule has 1 saturated heterocycles. The van der Waals surface area contributed by atoms with E-state index in [-0.39, 0.29) is 11.9 Å². The quantitative estimate of drug-likeness (QED) is 0.933. The van der Waals surface area contributed by atoms with Gasteiger partial charge in [0.2, 0.25) is 11.7 Å². The minimum Gasteiger partial charge on any atom is -0.338 e. The molecule has 112 valence electrons. The van der Waals surface area contributed by atoms with Gasteiger partial charge in [0.05, 0.1) is 6.54 Å². The molecule has 2 N–H and O–H groups in total. The van der Waals surface area contributed by atoms with Crippen molar-refractivity contribution >= 4 is 0 Å². The fourth-order valence-corrected chi connectivity index (χ4v) is 2.66. The minimum absolute atomic E-state index is 0.215. The van der Waals surface area contributed by atoms with Crippen molar-refractivity contribution in [3.63, 3.8) is 0 Å². The molecular weight excluding hydrogens is 271 g/mol. The highest BCUT2D eigenvalue weighted by atomic mass is 19.1. The molecular formula is C15H19FN4O. The third-order valence-corrected chi connectivity index (χ3v) is 3.98. The maximum absolute atomic E-state index is 12.9. The highest BCUT2D eigenvalue weighted by Gasteiger charge is 2.26. The first-order valence-corrected chi connectivity index (χ1v) is 7.18. The molecule has 0 bridgehead atoms. The van der Waals surface area contributed by atoms with Gasteiger partial charge in [-0.1, -0.05) is 5.16 Å². The van der Waals surface area contributed by atoms with Crippen LogP contribution in [0.3, 0.4) is 0 Å². The van der Waals surface area contributed by atoms with E-state index >= 15 is 0 Å². The van der Waals surface area contributed by atoms with Crippen LogP contribution < -0.4 is 5.73 Å². The van der Waals surface area contributed by atoms with E-state index in [1.54, 1.807) is 12.1 Å². The Kier molecular flexibility index (Phi) is 3.98. The van der Waals surface area contributed by atoms with Crippen LogP contribution in [0.1, 0.15) is 19.2 Å². The van der Waals surface area contributed by atoms with Gasteiger partial charge >= 0.3 is 0 Å². The predicted octanol–water partition coefficient (Wildman–Crippen LogP) is 2.04. The molecule has 6 heteroatoms. The zero-order chi connectivity index (χ0) is 14.8. The zero-order valence-corrected chi connectivity index (χ0v) is 12.0. The topological polar surface area (TPSA) is 68.2 Å². The van der Waals surface area contributed by atoms with Gasteiger partial charge in [0.1, 0.15) is 5.82 Å². The molecule has 0 spiro atoms. The fraction of sp³-hybridized carbons (Fsp3) is 0.467. The van der Waals surface area contributed by atoms with Gasteiger partial charge in [0.15, 0.2) is 0 Å². The molecule has 1 fully saturated rings. The zero-order valence-electron chi connectivity index (χ0n) is 12.0. The van der Waals surface area contributed by atoms with Gasteiger partial charge in [-0.2, -0.15) is 4.98 Å². The SMILES string of the molecule is CC(N)C1CCN(Cc2nc(-c3ccc(F)cc3)no2)C1. The Morgan fingerprint density at radius 2 is 2.19 bits per heavy atom. The molecule has 5 nitrogen and oxygen atoms in total. The van der Waals surface area contributed by atoms with Gasteiger partial charge in [-0.3, -0.25) is 4.90 Å². The molecule has 3 rings (SSSR count). The van der Waals surface area contributed by atoms with Crippen LogP contribution in [0.2, 0.25) is 0 Å². The van der Waals surface area contributed by atoms with Crippen molar-refractivity contribution in [1.29, 1.82) is 0 Å². The number of nitrogens with two attached hydrogens (primary N) is 1. The van der Waals surface area contributed by atoms with E-state index in [1.165, 1.54) is 12.1 Å². The maximum Gasteiger partial charge on any atom is 0.241 e. The number of hydrogen-bond acceptors (Lipinski definition) is 5. The molecule has 2 aromatic rings. The van der Waals surface area contributed by atoms with Gasteiger partial charge in [-0.25, -0.2) is 4.39 Å². The van der Waals surface area contributed by atoms with Crippen LogP contribution in [0.4, 0.5) is 4.39 Å². The van der Waals surface area contributed by atoms with Crippen molar-refractivity contribution in [2.24, 2.45) is 11.7 Å². The Morgan fingerprint density at radius 3 is 2.86 bits per heavy atom. The lowest BCUT2D eigenvalue weighted by Crippen LogP contribution is -2.29. The third kappa shape index (κ3) is 3.28. The summed E-state index contributed by atoms with van der Waals surface area (Å²) in [6, 6.07) is 6.28. The molecule has 0 amide bonds. The fourth-order valence-electron chi connectivity index (χ4n) is 2.66. The van der Waals surface area contributed by atoms with Gasteiger partial charge in [-0.15, -0.1) is 0 Å². The normalized spacial score (nSPS) is 20.8. The Bertz CT molecular complexity index is 596. The first kappa shape index (κ1) is 14.2. The number of benzene rings is 1. The van der Waals surface area contributed by atoms with Crippen molar-refractivity contribution < 1.29 is 8.91 Å². The molecule has 1 aliphatic rings. The average molecular weight is 290 g/mol. The van der Waals surface area contributed by atoms with Crippen LogP contribution >= 0.6 is 0 Å².